The van der Waals surface area contributed by atoms with Crippen molar-refractivity contribution in [1.29, 1.82) is 0 Å². The van der Waals surface area contributed by atoms with Gasteiger partial charge in [0.05, 0.1) is 0 Å². The smallest absolute Gasteiger partial charge is 1.00 e. The standard InChI is InChI=1S/BH4.ClH.Cu.Na/h1H4;1H;;/q-1;;2*+1/p-1. The summed E-state index contributed by atoms with van der Waals surface area (Å²) in [7, 11) is 0. The molecule has 0 aliphatic heterocycles. The van der Waals surface area contributed by atoms with E-state index in [4.69, 9.17) is 0 Å². The zero-order chi connectivity index (χ0) is 0. The van der Waals surface area contributed by atoms with E-state index in [1.54, 1.807) is 0 Å². The molecule has 0 radical (unpaired) electrons. The van der Waals surface area contributed by atoms with Gasteiger partial charge in [-0.15, -0.1) is 0 Å². The van der Waals surface area contributed by atoms with Crippen LogP contribution in [0.15, 0.2) is 0 Å². The van der Waals surface area contributed by atoms with Gasteiger partial charge in [-0.05, 0) is 0 Å². The van der Waals surface area contributed by atoms with Crippen LogP contribution in [-0.2, 0) is 17.1 Å². The van der Waals surface area contributed by atoms with Crippen LogP contribution in [0, 0.1) is 0 Å². The van der Waals surface area contributed by atoms with Crippen molar-refractivity contribution in [1.82, 2.24) is 0 Å². The first-order valence-corrected chi connectivity index (χ1v) is 0. The fourth-order valence-electron chi connectivity index (χ4n) is 0. The van der Waals surface area contributed by atoms with E-state index in [0.29, 0.717) is 0 Å². The van der Waals surface area contributed by atoms with Crippen LogP contribution in [0.1, 0.15) is 0 Å². The molecule has 0 N–H and O–H groups in total. The van der Waals surface area contributed by atoms with E-state index in [2.05, 4.69) is 0 Å². The number of hydrogen-bond donors (Lipinski definition) is 0. The van der Waals surface area contributed by atoms with E-state index in [1.165, 1.54) is 0 Å². The average Bonchev–Trinajstić information content (AvgIpc) is 0. The minimum absolute atomic E-state index is 0. The molecule has 0 bridgehead atoms. The van der Waals surface area contributed by atoms with Gasteiger partial charge in [0, 0.05) is 0 Å². The monoisotopic (exact) mass is 136 g/mol. The van der Waals surface area contributed by atoms with Gasteiger partial charge in [0.1, 0.15) is 0 Å². The SMILES string of the molecule is [BH4-].[Cl-].[Cu+].[Na+]. The molecule has 0 aliphatic rings. The Kier molecular flexibility index (Phi) is 207. The average molecular weight is 137 g/mol. The third-order valence-corrected chi connectivity index (χ3v) is 0. The molecule has 0 fully saturated rings. The molecule has 0 amide bonds. The molecule has 0 nitrogen and oxygen atoms in total. The Labute approximate surface area is 66.9 Å². The third kappa shape index (κ3) is 9.11. The van der Waals surface area contributed by atoms with Crippen molar-refractivity contribution in [2.45, 2.75) is 0 Å². The second-order valence-corrected chi connectivity index (χ2v) is 0. The first-order valence-electron chi connectivity index (χ1n) is 0. The largest absolute Gasteiger partial charge is 1.00 e. The Morgan fingerprint density at radius 3 is 1.00 bits per heavy atom. The van der Waals surface area contributed by atoms with Crippen LogP contribution < -0.4 is 42.0 Å². The normalized spacial score (nSPS) is 0. The minimum atomic E-state index is 0. The van der Waals surface area contributed by atoms with Gasteiger partial charge < -0.3 is 12.4 Å². The van der Waals surface area contributed by atoms with Crippen molar-refractivity contribution in [3.8, 4) is 0 Å². The van der Waals surface area contributed by atoms with Gasteiger partial charge in [0.25, 0.3) is 0 Å². The maximum atomic E-state index is 0. The van der Waals surface area contributed by atoms with Crippen LogP contribution in [0.25, 0.3) is 0 Å². The molecule has 0 saturated carbocycles. The second-order valence-electron chi connectivity index (χ2n) is 0. The van der Waals surface area contributed by atoms with Crippen molar-refractivity contribution in [3.63, 3.8) is 0 Å². The molecule has 0 spiro atoms. The Balaban J connectivity index is 0. The van der Waals surface area contributed by atoms with Crippen LogP contribution in [0.3, 0.4) is 0 Å². The predicted octanol–water partition coefficient (Wildman–Crippen LogP) is -7.45. The molecule has 0 saturated heterocycles. The first kappa shape index (κ1) is 39.7. The topological polar surface area (TPSA) is 0 Å². The molecule has 0 unspecified atom stereocenters. The fraction of sp³-hybridized carbons (Fsp3) is 0. The fourth-order valence-corrected chi connectivity index (χ4v) is 0. The Morgan fingerprint density at radius 1 is 1.00 bits per heavy atom. The number of rotatable bonds is 0. The third-order valence-electron chi connectivity index (χ3n) is 0. The Hall–Kier alpha value is 1.87. The van der Waals surface area contributed by atoms with Crippen LogP contribution >= 0.6 is 0 Å². The van der Waals surface area contributed by atoms with E-state index >= 15 is 0 Å². The molecule has 4 heteroatoms. The summed E-state index contributed by atoms with van der Waals surface area (Å²) >= 11 is 0. The quantitative estimate of drug-likeness (QED) is 0.291. The zero-order valence-corrected chi connectivity index (χ0v) is 5.38. The second kappa shape index (κ2) is 20.8. The van der Waals surface area contributed by atoms with E-state index in [-0.39, 0.29) is 67.4 Å². The summed E-state index contributed by atoms with van der Waals surface area (Å²) in [6, 6.07) is 0. The van der Waals surface area contributed by atoms with Crippen LogP contribution in [-0.4, -0.2) is 8.41 Å². The maximum absolute atomic E-state index is 0. The molecule has 26 valence electrons. The van der Waals surface area contributed by atoms with Crippen molar-refractivity contribution in [3.05, 3.63) is 0 Å². The first-order chi connectivity index (χ1) is 0. The Morgan fingerprint density at radius 2 is 1.00 bits per heavy atom. The molecule has 0 rings (SSSR count). The molecule has 0 aliphatic carbocycles. The van der Waals surface area contributed by atoms with E-state index < -0.39 is 0 Å². The van der Waals surface area contributed by atoms with Gasteiger partial charge in [-0.25, -0.2) is 0 Å². The van der Waals surface area contributed by atoms with E-state index in [1.807, 2.05) is 0 Å². The van der Waals surface area contributed by atoms with Gasteiger partial charge in [-0.1, -0.05) is 8.41 Å². The molecular weight excluding hydrogens is 133 g/mol. The van der Waals surface area contributed by atoms with Gasteiger partial charge in [0.2, 0.25) is 0 Å². The van der Waals surface area contributed by atoms with Crippen LogP contribution in [0.5, 0.6) is 0 Å². The summed E-state index contributed by atoms with van der Waals surface area (Å²) in [5.41, 5.74) is 0. The Bertz CT molecular complexity index is 8.00. The molecule has 0 aromatic carbocycles. The summed E-state index contributed by atoms with van der Waals surface area (Å²) in [4.78, 5) is 0. The van der Waals surface area contributed by atoms with Crippen molar-refractivity contribution in [2.75, 3.05) is 0 Å². The van der Waals surface area contributed by atoms with Gasteiger partial charge in [-0.3, -0.25) is 0 Å². The molecule has 0 heterocycles. The summed E-state index contributed by atoms with van der Waals surface area (Å²) in [6.45, 7) is 0. The molecule has 4 heavy (non-hydrogen) atoms. The van der Waals surface area contributed by atoms with Crippen LogP contribution in [0.2, 0.25) is 0 Å². The van der Waals surface area contributed by atoms with Gasteiger partial charge in [-0.2, -0.15) is 0 Å². The number of halogens is 1. The summed E-state index contributed by atoms with van der Waals surface area (Å²) in [6.07, 6.45) is 0. The number of hydrogen-bond acceptors (Lipinski definition) is 0. The van der Waals surface area contributed by atoms with Crippen molar-refractivity contribution >= 4 is 8.41 Å². The predicted molar refractivity (Wildman–Crippen MR) is 11.3 cm³/mol. The van der Waals surface area contributed by atoms with Crippen molar-refractivity contribution < 1.29 is 59.0 Å². The minimum Gasteiger partial charge on any atom is -1.00 e. The van der Waals surface area contributed by atoms with E-state index in [0.717, 1.165) is 0 Å². The summed E-state index contributed by atoms with van der Waals surface area (Å²) in [5, 5.41) is 0. The summed E-state index contributed by atoms with van der Waals surface area (Å²) in [5.74, 6) is 0. The van der Waals surface area contributed by atoms with Crippen molar-refractivity contribution in [2.24, 2.45) is 0 Å². The van der Waals surface area contributed by atoms with E-state index in [9.17, 15) is 0 Å². The molecular formula is H4BClCuNa. The maximum Gasteiger partial charge on any atom is 1.00 e. The van der Waals surface area contributed by atoms with Gasteiger partial charge >= 0.3 is 46.6 Å². The molecule has 0 aromatic heterocycles. The zero-order valence-electron chi connectivity index (χ0n) is 1.68. The molecule has 0 aromatic rings. The van der Waals surface area contributed by atoms with Gasteiger partial charge in [0.15, 0.2) is 0 Å². The molecule has 0 atom stereocenters. The van der Waals surface area contributed by atoms with Crippen LogP contribution in [0.4, 0.5) is 0 Å². The summed E-state index contributed by atoms with van der Waals surface area (Å²) < 4.78 is 0.